The van der Waals surface area contributed by atoms with Gasteiger partial charge in [-0.15, -0.1) is 0 Å². The Morgan fingerprint density at radius 3 is 2.81 bits per heavy atom. The summed E-state index contributed by atoms with van der Waals surface area (Å²) in [5.41, 5.74) is 1.27. The SMILES string of the molecule is CC(C1CC1)N(C)C(=O)c1ccc(C#CCCO)c(Cl)c1. The van der Waals surface area contributed by atoms with Gasteiger partial charge in [-0.1, -0.05) is 23.4 Å². The molecule has 1 saturated carbocycles. The lowest BCUT2D eigenvalue weighted by molar-refractivity contribution is 0.0727. The fraction of sp³-hybridized carbons (Fsp3) is 0.471. The summed E-state index contributed by atoms with van der Waals surface area (Å²) in [5, 5.41) is 9.18. The van der Waals surface area contributed by atoms with Gasteiger partial charge in [-0.25, -0.2) is 0 Å². The summed E-state index contributed by atoms with van der Waals surface area (Å²) < 4.78 is 0. The van der Waals surface area contributed by atoms with Crippen molar-refractivity contribution >= 4 is 17.5 Å². The molecule has 0 bridgehead atoms. The fourth-order valence-electron chi connectivity index (χ4n) is 2.25. The maximum atomic E-state index is 12.4. The lowest BCUT2D eigenvalue weighted by Gasteiger charge is -2.25. The second kappa shape index (κ2) is 6.98. The number of aliphatic hydroxyl groups is 1. The van der Waals surface area contributed by atoms with Crippen LogP contribution >= 0.6 is 11.6 Å². The molecular weight excluding hydrogens is 286 g/mol. The van der Waals surface area contributed by atoms with Crippen molar-refractivity contribution in [1.82, 2.24) is 4.90 Å². The van der Waals surface area contributed by atoms with E-state index in [9.17, 15) is 4.79 Å². The number of hydrogen-bond acceptors (Lipinski definition) is 2. The second-order valence-electron chi connectivity index (χ2n) is 5.46. The molecule has 1 aliphatic carbocycles. The van der Waals surface area contributed by atoms with E-state index in [2.05, 4.69) is 18.8 Å². The van der Waals surface area contributed by atoms with E-state index in [1.165, 1.54) is 12.8 Å². The van der Waals surface area contributed by atoms with Gasteiger partial charge in [0, 0.05) is 30.6 Å². The third-order valence-electron chi connectivity index (χ3n) is 3.91. The summed E-state index contributed by atoms with van der Waals surface area (Å²) in [6.07, 6.45) is 2.83. The van der Waals surface area contributed by atoms with Gasteiger partial charge < -0.3 is 10.0 Å². The first-order valence-corrected chi connectivity index (χ1v) is 7.59. The molecule has 2 rings (SSSR count). The fourth-order valence-corrected chi connectivity index (χ4v) is 2.47. The summed E-state index contributed by atoms with van der Waals surface area (Å²) in [6.45, 7) is 2.12. The van der Waals surface area contributed by atoms with Crippen LogP contribution in [0.2, 0.25) is 5.02 Å². The van der Waals surface area contributed by atoms with Gasteiger partial charge >= 0.3 is 0 Å². The van der Waals surface area contributed by atoms with Crippen LogP contribution in [0.3, 0.4) is 0 Å². The standard InChI is InChI=1S/C17H20ClNO2/c1-12(13-6-7-13)19(2)17(21)15-9-8-14(16(18)11-15)5-3-4-10-20/h8-9,11-13,20H,4,6-7,10H2,1-2H3. The molecule has 1 unspecified atom stereocenters. The predicted octanol–water partition coefficient (Wildman–Crippen LogP) is 2.94. The summed E-state index contributed by atoms with van der Waals surface area (Å²) in [7, 11) is 1.84. The van der Waals surface area contributed by atoms with Gasteiger partial charge in [0.1, 0.15) is 0 Å². The second-order valence-corrected chi connectivity index (χ2v) is 5.87. The Morgan fingerprint density at radius 1 is 1.52 bits per heavy atom. The summed E-state index contributed by atoms with van der Waals surface area (Å²) in [5.74, 6) is 6.35. The average molecular weight is 306 g/mol. The molecule has 0 saturated heterocycles. The Bertz CT molecular complexity index is 584. The Hall–Kier alpha value is -1.50. The highest BCUT2D eigenvalue weighted by Crippen LogP contribution is 2.35. The Morgan fingerprint density at radius 2 is 2.24 bits per heavy atom. The first-order valence-electron chi connectivity index (χ1n) is 7.21. The molecule has 1 N–H and O–H groups in total. The molecule has 1 amide bonds. The van der Waals surface area contributed by atoms with Gasteiger partial charge in [0.2, 0.25) is 0 Å². The van der Waals surface area contributed by atoms with Crippen LogP contribution < -0.4 is 0 Å². The molecule has 21 heavy (non-hydrogen) atoms. The monoisotopic (exact) mass is 305 g/mol. The molecule has 1 aromatic rings. The van der Waals surface area contributed by atoms with Crippen LogP contribution in [-0.2, 0) is 0 Å². The third-order valence-corrected chi connectivity index (χ3v) is 4.22. The van der Waals surface area contributed by atoms with Crippen molar-refractivity contribution in [3.8, 4) is 11.8 Å². The molecular formula is C17H20ClNO2. The largest absolute Gasteiger partial charge is 0.395 e. The van der Waals surface area contributed by atoms with Crippen molar-refractivity contribution in [1.29, 1.82) is 0 Å². The summed E-state index contributed by atoms with van der Waals surface area (Å²) >= 11 is 6.18. The molecule has 0 radical (unpaired) electrons. The van der Waals surface area contributed by atoms with Crippen molar-refractivity contribution in [3.05, 3.63) is 34.3 Å². The van der Waals surface area contributed by atoms with E-state index < -0.39 is 0 Å². The molecule has 1 atom stereocenters. The highest BCUT2D eigenvalue weighted by Gasteiger charge is 2.32. The van der Waals surface area contributed by atoms with Gasteiger partial charge in [0.05, 0.1) is 11.6 Å². The van der Waals surface area contributed by atoms with Crippen LogP contribution in [0.5, 0.6) is 0 Å². The molecule has 0 aromatic heterocycles. The molecule has 1 aliphatic rings. The lowest BCUT2D eigenvalue weighted by atomic mass is 10.1. The minimum Gasteiger partial charge on any atom is -0.395 e. The summed E-state index contributed by atoms with van der Waals surface area (Å²) in [6, 6.07) is 5.45. The minimum atomic E-state index is -0.00818. The zero-order chi connectivity index (χ0) is 15.4. The van der Waals surface area contributed by atoms with Crippen LogP contribution in [0.25, 0.3) is 0 Å². The summed E-state index contributed by atoms with van der Waals surface area (Å²) in [4.78, 5) is 14.2. The molecule has 0 heterocycles. The van der Waals surface area contributed by atoms with Gasteiger partial charge in [-0.05, 0) is 43.9 Å². The highest BCUT2D eigenvalue weighted by molar-refractivity contribution is 6.32. The van der Waals surface area contributed by atoms with Crippen LogP contribution in [0.1, 0.15) is 42.1 Å². The van der Waals surface area contributed by atoms with Gasteiger partial charge in [-0.3, -0.25) is 4.79 Å². The smallest absolute Gasteiger partial charge is 0.253 e. The molecule has 4 heteroatoms. The number of hydrogen-bond donors (Lipinski definition) is 1. The van der Waals surface area contributed by atoms with Crippen molar-refractivity contribution in [2.24, 2.45) is 5.92 Å². The van der Waals surface area contributed by atoms with E-state index in [1.807, 2.05) is 7.05 Å². The van der Waals surface area contributed by atoms with Crippen LogP contribution in [0, 0.1) is 17.8 Å². The molecule has 3 nitrogen and oxygen atoms in total. The predicted molar refractivity (Wildman–Crippen MR) is 84.3 cm³/mol. The number of benzene rings is 1. The molecule has 0 spiro atoms. The van der Waals surface area contributed by atoms with Crippen molar-refractivity contribution in [2.45, 2.75) is 32.2 Å². The first kappa shape index (κ1) is 15.9. The number of carbonyl (C=O) groups is 1. The first-order chi connectivity index (χ1) is 10.0. The van der Waals surface area contributed by atoms with E-state index in [0.29, 0.717) is 28.5 Å². The van der Waals surface area contributed by atoms with Gasteiger partial charge in [0.25, 0.3) is 5.91 Å². The molecule has 112 valence electrons. The van der Waals surface area contributed by atoms with Gasteiger partial charge in [0.15, 0.2) is 0 Å². The number of rotatable bonds is 4. The maximum Gasteiger partial charge on any atom is 0.253 e. The highest BCUT2D eigenvalue weighted by atomic mass is 35.5. The van der Waals surface area contributed by atoms with E-state index in [0.717, 1.165) is 0 Å². The van der Waals surface area contributed by atoms with E-state index >= 15 is 0 Å². The van der Waals surface area contributed by atoms with Gasteiger partial charge in [-0.2, -0.15) is 0 Å². The zero-order valence-electron chi connectivity index (χ0n) is 12.4. The quantitative estimate of drug-likeness (QED) is 0.869. The Kier molecular flexibility index (Phi) is 5.27. The van der Waals surface area contributed by atoms with Crippen molar-refractivity contribution < 1.29 is 9.90 Å². The molecule has 1 fully saturated rings. The Balaban J connectivity index is 2.12. The number of carbonyl (C=O) groups excluding carboxylic acids is 1. The topological polar surface area (TPSA) is 40.5 Å². The van der Waals surface area contributed by atoms with E-state index in [-0.39, 0.29) is 18.6 Å². The minimum absolute atomic E-state index is 0.00818. The van der Waals surface area contributed by atoms with Crippen LogP contribution in [-0.4, -0.2) is 35.6 Å². The van der Waals surface area contributed by atoms with Crippen LogP contribution in [0.15, 0.2) is 18.2 Å². The van der Waals surface area contributed by atoms with Crippen molar-refractivity contribution in [2.75, 3.05) is 13.7 Å². The molecule has 1 aromatic carbocycles. The molecule has 0 aliphatic heterocycles. The maximum absolute atomic E-state index is 12.4. The number of nitrogens with zero attached hydrogens (tertiary/aromatic N) is 1. The number of aliphatic hydroxyl groups excluding tert-OH is 1. The van der Waals surface area contributed by atoms with Crippen molar-refractivity contribution in [3.63, 3.8) is 0 Å². The zero-order valence-corrected chi connectivity index (χ0v) is 13.2. The van der Waals surface area contributed by atoms with E-state index in [4.69, 9.17) is 16.7 Å². The number of halogens is 1. The third kappa shape index (κ3) is 4.00. The average Bonchev–Trinajstić information content (AvgIpc) is 3.31. The normalized spacial score (nSPS) is 15.0. The number of amides is 1. The Labute approximate surface area is 130 Å². The lowest BCUT2D eigenvalue weighted by Crippen LogP contribution is -2.36. The van der Waals surface area contributed by atoms with Crippen LogP contribution in [0.4, 0.5) is 0 Å². The van der Waals surface area contributed by atoms with E-state index in [1.54, 1.807) is 23.1 Å².